The highest BCUT2D eigenvalue weighted by Crippen LogP contribution is 2.38. The van der Waals surface area contributed by atoms with E-state index in [-0.39, 0.29) is 5.60 Å². The van der Waals surface area contributed by atoms with Gasteiger partial charge in [0.2, 0.25) is 0 Å². The highest BCUT2D eigenvalue weighted by Gasteiger charge is 2.46. The molecule has 2 saturated heterocycles. The first kappa shape index (κ1) is 13.9. The average molecular weight is 317 g/mol. The molecule has 0 bridgehead atoms. The van der Waals surface area contributed by atoms with Crippen molar-refractivity contribution in [3.8, 4) is 0 Å². The molecule has 2 fully saturated rings. The van der Waals surface area contributed by atoms with E-state index in [1.807, 2.05) is 30.6 Å². The summed E-state index contributed by atoms with van der Waals surface area (Å²) in [6, 6.07) is 4.25. The maximum absolute atomic E-state index is 6.16. The summed E-state index contributed by atoms with van der Waals surface area (Å²) in [6.45, 7) is 4.61. The number of rotatable bonds is 3. The number of anilines is 2. The van der Waals surface area contributed by atoms with Crippen LogP contribution in [0.4, 0.5) is 10.9 Å². The topological polar surface area (TPSA) is 63.2 Å². The zero-order valence-corrected chi connectivity index (χ0v) is 13.3. The van der Waals surface area contributed by atoms with Crippen molar-refractivity contribution in [1.82, 2.24) is 15.2 Å². The van der Waals surface area contributed by atoms with Crippen LogP contribution in [0.1, 0.15) is 18.5 Å². The Morgan fingerprint density at radius 1 is 1.41 bits per heavy atom. The van der Waals surface area contributed by atoms with E-state index in [1.165, 1.54) is 0 Å². The van der Waals surface area contributed by atoms with Crippen LogP contribution in [0.25, 0.3) is 0 Å². The first-order valence-corrected chi connectivity index (χ1v) is 8.46. The van der Waals surface area contributed by atoms with Crippen molar-refractivity contribution in [2.45, 2.75) is 31.4 Å². The lowest BCUT2D eigenvalue weighted by Gasteiger charge is -2.23. The van der Waals surface area contributed by atoms with E-state index < -0.39 is 0 Å². The van der Waals surface area contributed by atoms with Gasteiger partial charge in [0, 0.05) is 31.1 Å². The molecule has 0 aliphatic carbocycles. The summed E-state index contributed by atoms with van der Waals surface area (Å²) in [5.74, 6) is 0.825. The van der Waals surface area contributed by atoms with Gasteiger partial charge in [-0.2, -0.15) is 5.10 Å². The Morgan fingerprint density at radius 3 is 3.14 bits per heavy atom. The maximum Gasteiger partial charge on any atom is 0.185 e. The van der Waals surface area contributed by atoms with E-state index in [4.69, 9.17) is 4.74 Å². The van der Waals surface area contributed by atoms with Crippen molar-refractivity contribution < 1.29 is 4.74 Å². The van der Waals surface area contributed by atoms with Gasteiger partial charge in [-0.1, -0.05) is 0 Å². The molecule has 7 heteroatoms. The minimum atomic E-state index is -0.0402. The second-order valence-electron chi connectivity index (χ2n) is 6.09. The van der Waals surface area contributed by atoms with E-state index in [9.17, 15) is 0 Å². The minimum absolute atomic E-state index is 0.0402. The molecule has 0 unspecified atom stereocenters. The third kappa shape index (κ3) is 2.66. The van der Waals surface area contributed by atoms with Crippen molar-refractivity contribution in [2.24, 2.45) is 0 Å². The minimum Gasteiger partial charge on any atom is -0.371 e. The molecule has 0 radical (unpaired) electrons. The van der Waals surface area contributed by atoms with Crippen LogP contribution in [-0.2, 0) is 4.74 Å². The second-order valence-corrected chi connectivity index (χ2v) is 6.96. The van der Waals surface area contributed by atoms with Gasteiger partial charge < -0.3 is 15.0 Å². The molecular formula is C15H19N5OS. The number of hydrogen-bond donors (Lipinski definition) is 1. The fourth-order valence-electron chi connectivity index (χ4n) is 3.29. The van der Waals surface area contributed by atoms with E-state index in [2.05, 4.69) is 25.4 Å². The van der Waals surface area contributed by atoms with Gasteiger partial charge in [0.05, 0.1) is 23.9 Å². The number of aromatic nitrogens is 3. The summed E-state index contributed by atoms with van der Waals surface area (Å²) in [5.41, 5.74) is 0.890. The molecule has 2 aliphatic heterocycles. The molecule has 0 saturated carbocycles. The van der Waals surface area contributed by atoms with Crippen LogP contribution in [0, 0.1) is 6.92 Å². The summed E-state index contributed by atoms with van der Waals surface area (Å²) >= 11 is 1.69. The summed E-state index contributed by atoms with van der Waals surface area (Å²) in [4.78, 5) is 6.73. The van der Waals surface area contributed by atoms with Crippen LogP contribution in [-0.4, -0.2) is 46.5 Å². The Bertz CT molecular complexity index is 632. The first-order valence-electron chi connectivity index (χ1n) is 7.58. The Hall–Kier alpha value is -1.73. The van der Waals surface area contributed by atoms with E-state index in [0.29, 0.717) is 6.04 Å². The largest absolute Gasteiger partial charge is 0.371 e. The normalized spacial score (nSPS) is 27.7. The van der Waals surface area contributed by atoms with Crippen LogP contribution in [0.2, 0.25) is 0 Å². The van der Waals surface area contributed by atoms with Crippen molar-refractivity contribution in [1.29, 1.82) is 0 Å². The Labute approximate surface area is 133 Å². The molecule has 2 atom stereocenters. The highest BCUT2D eigenvalue weighted by atomic mass is 32.1. The highest BCUT2D eigenvalue weighted by molar-refractivity contribution is 7.13. The van der Waals surface area contributed by atoms with Gasteiger partial charge in [-0.25, -0.2) is 4.98 Å². The molecule has 0 amide bonds. The van der Waals surface area contributed by atoms with Crippen molar-refractivity contribution in [2.75, 3.05) is 29.9 Å². The predicted molar refractivity (Wildman–Crippen MR) is 86.4 cm³/mol. The van der Waals surface area contributed by atoms with Gasteiger partial charge in [-0.3, -0.25) is 0 Å². The van der Waals surface area contributed by atoms with Crippen LogP contribution < -0.4 is 10.2 Å². The zero-order valence-electron chi connectivity index (χ0n) is 12.5. The van der Waals surface area contributed by atoms with Crippen LogP contribution in [0.3, 0.4) is 0 Å². The number of aryl methyl sites for hydroxylation is 1. The molecule has 1 spiro atoms. The number of nitrogens with one attached hydrogen (secondary N) is 1. The first-order chi connectivity index (χ1) is 10.7. The molecular weight excluding hydrogens is 298 g/mol. The Morgan fingerprint density at radius 2 is 2.36 bits per heavy atom. The van der Waals surface area contributed by atoms with E-state index in [0.717, 1.165) is 49.2 Å². The molecule has 2 aromatic rings. The van der Waals surface area contributed by atoms with Gasteiger partial charge in [-0.05, 0) is 25.5 Å². The quantitative estimate of drug-likeness (QED) is 0.935. The van der Waals surface area contributed by atoms with Crippen molar-refractivity contribution in [3.05, 3.63) is 29.4 Å². The maximum atomic E-state index is 6.16. The zero-order chi connectivity index (χ0) is 15.0. The molecule has 4 heterocycles. The number of hydrogen-bond acceptors (Lipinski definition) is 7. The monoisotopic (exact) mass is 317 g/mol. The Kier molecular flexibility index (Phi) is 3.46. The van der Waals surface area contributed by atoms with Gasteiger partial charge in [0.15, 0.2) is 5.13 Å². The lowest BCUT2D eigenvalue weighted by atomic mass is 9.97. The summed E-state index contributed by atoms with van der Waals surface area (Å²) in [7, 11) is 0. The van der Waals surface area contributed by atoms with Crippen molar-refractivity contribution in [3.63, 3.8) is 0 Å². The Balaban J connectivity index is 1.39. The average Bonchev–Trinajstić information content (AvgIpc) is 3.24. The lowest BCUT2D eigenvalue weighted by Crippen LogP contribution is -2.33. The standard InChI is InChI=1S/C15H19N5OS/c1-11-2-3-13(19-18-11)17-12-8-15(21-9-12)4-6-20(10-15)14-16-5-7-22-14/h2-3,5,7,12H,4,6,8-10H2,1H3,(H,17,19)/t12-,15-/m0/s1. The lowest BCUT2D eigenvalue weighted by molar-refractivity contribution is 0.0229. The molecule has 6 nitrogen and oxygen atoms in total. The molecule has 0 aromatic carbocycles. The summed E-state index contributed by atoms with van der Waals surface area (Å²) in [6.07, 6.45) is 3.93. The van der Waals surface area contributed by atoms with E-state index in [1.54, 1.807) is 11.3 Å². The smallest absolute Gasteiger partial charge is 0.185 e. The number of ether oxygens (including phenoxy) is 1. The fraction of sp³-hybridized carbons (Fsp3) is 0.533. The van der Waals surface area contributed by atoms with E-state index >= 15 is 0 Å². The molecule has 2 aromatic heterocycles. The predicted octanol–water partition coefficient (Wildman–Crippen LogP) is 2.09. The molecule has 1 N–H and O–H groups in total. The third-order valence-corrected chi connectivity index (χ3v) is 5.20. The van der Waals surface area contributed by atoms with Crippen LogP contribution in [0.15, 0.2) is 23.7 Å². The van der Waals surface area contributed by atoms with Gasteiger partial charge in [0.1, 0.15) is 5.82 Å². The molecule has 4 rings (SSSR count). The van der Waals surface area contributed by atoms with Gasteiger partial charge in [-0.15, -0.1) is 16.4 Å². The number of thiazole rings is 1. The third-order valence-electron chi connectivity index (χ3n) is 4.37. The summed E-state index contributed by atoms with van der Waals surface area (Å²) < 4.78 is 6.16. The second kappa shape index (κ2) is 5.48. The summed E-state index contributed by atoms with van der Waals surface area (Å²) in [5, 5.41) is 14.8. The number of nitrogens with zero attached hydrogens (tertiary/aromatic N) is 4. The van der Waals surface area contributed by atoms with Gasteiger partial charge in [0.25, 0.3) is 0 Å². The molecule has 22 heavy (non-hydrogen) atoms. The van der Waals surface area contributed by atoms with Gasteiger partial charge >= 0.3 is 0 Å². The van der Waals surface area contributed by atoms with Crippen LogP contribution >= 0.6 is 11.3 Å². The molecule has 2 aliphatic rings. The van der Waals surface area contributed by atoms with Crippen LogP contribution in [0.5, 0.6) is 0 Å². The van der Waals surface area contributed by atoms with Crippen molar-refractivity contribution >= 4 is 22.3 Å². The SMILES string of the molecule is Cc1ccc(N[C@@H]2CO[C@@]3(CCN(c4nccs4)C3)C2)nn1. The fourth-order valence-corrected chi connectivity index (χ4v) is 3.96. The molecule has 116 valence electrons.